The fourth-order valence-corrected chi connectivity index (χ4v) is 4.41. The van der Waals surface area contributed by atoms with Crippen LogP contribution in [0.3, 0.4) is 0 Å². The first-order valence-corrected chi connectivity index (χ1v) is 11.3. The molecular weight excluding hydrogens is 392 g/mol. The van der Waals surface area contributed by atoms with Gasteiger partial charge in [0.25, 0.3) is 0 Å². The van der Waals surface area contributed by atoms with Gasteiger partial charge < -0.3 is 4.90 Å². The van der Waals surface area contributed by atoms with Gasteiger partial charge in [-0.05, 0) is 42.2 Å². The number of thioether (sulfide) groups is 1. The van der Waals surface area contributed by atoms with Crippen LogP contribution in [0, 0.1) is 6.92 Å². The number of anilines is 1. The van der Waals surface area contributed by atoms with E-state index in [2.05, 4.69) is 41.1 Å². The molecule has 1 amide bonds. The zero-order chi connectivity index (χ0) is 21.5. The molecule has 5 nitrogen and oxygen atoms in total. The second-order valence-electron chi connectivity index (χ2n) is 7.71. The standard InChI is InChI=1S/C24H30N4OS/c1-5-6-11-22-23(29)28(17-20-10-8-7-9-18(20)2)24(30-22)26-25-16-19-12-14-21(15-13-19)27(3)4/h7-10,12-16,22H,5-6,11,17H2,1-4H3/b25-16-,26-24-/t22-/m1/s1. The van der Waals surface area contributed by atoms with Crippen LogP contribution in [0.4, 0.5) is 5.69 Å². The van der Waals surface area contributed by atoms with Crippen molar-refractivity contribution in [2.45, 2.75) is 44.9 Å². The molecule has 1 saturated heterocycles. The number of rotatable bonds is 8. The molecule has 0 spiro atoms. The summed E-state index contributed by atoms with van der Waals surface area (Å²) in [5, 5.41) is 9.35. The van der Waals surface area contributed by atoms with Crippen LogP contribution in [0.1, 0.15) is 42.9 Å². The summed E-state index contributed by atoms with van der Waals surface area (Å²) in [6.45, 7) is 4.76. The summed E-state index contributed by atoms with van der Waals surface area (Å²) in [7, 11) is 4.03. The predicted molar refractivity (Wildman–Crippen MR) is 128 cm³/mol. The lowest BCUT2D eigenvalue weighted by Gasteiger charge is -2.17. The number of aryl methyl sites for hydroxylation is 1. The van der Waals surface area contributed by atoms with E-state index in [0.29, 0.717) is 11.7 Å². The number of hydrogen-bond donors (Lipinski definition) is 0. The van der Waals surface area contributed by atoms with Crippen LogP contribution in [0.5, 0.6) is 0 Å². The Hall–Kier alpha value is -2.60. The van der Waals surface area contributed by atoms with E-state index < -0.39 is 0 Å². The molecule has 0 aromatic heterocycles. The Morgan fingerprint density at radius 2 is 1.87 bits per heavy atom. The summed E-state index contributed by atoms with van der Waals surface area (Å²) in [6, 6.07) is 16.3. The molecule has 2 aromatic rings. The van der Waals surface area contributed by atoms with Crippen LogP contribution in [0.2, 0.25) is 0 Å². The summed E-state index contributed by atoms with van der Waals surface area (Å²) in [6.07, 6.45) is 4.73. The van der Waals surface area contributed by atoms with Crippen LogP contribution < -0.4 is 4.90 Å². The minimum atomic E-state index is -0.0673. The van der Waals surface area contributed by atoms with Gasteiger partial charge in [0.1, 0.15) is 0 Å². The largest absolute Gasteiger partial charge is 0.378 e. The van der Waals surface area contributed by atoms with E-state index in [0.717, 1.165) is 36.1 Å². The van der Waals surface area contributed by atoms with Gasteiger partial charge in [0.2, 0.25) is 5.91 Å². The average Bonchev–Trinajstić information content (AvgIpc) is 3.03. The molecule has 1 aliphatic heterocycles. The molecule has 1 heterocycles. The minimum Gasteiger partial charge on any atom is -0.378 e. The quantitative estimate of drug-likeness (QED) is 0.440. The van der Waals surface area contributed by atoms with Gasteiger partial charge in [-0.2, -0.15) is 5.10 Å². The summed E-state index contributed by atoms with van der Waals surface area (Å²) >= 11 is 1.54. The van der Waals surface area contributed by atoms with Crippen molar-refractivity contribution < 1.29 is 4.79 Å². The van der Waals surface area contributed by atoms with Gasteiger partial charge in [0.05, 0.1) is 18.0 Å². The molecule has 0 unspecified atom stereocenters. The lowest BCUT2D eigenvalue weighted by molar-refractivity contribution is -0.126. The Bertz CT molecular complexity index is 921. The molecule has 6 heteroatoms. The zero-order valence-corrected chi connectivity index (χ0v) is 19.0. The average molecular weight is 423 g/mol. The number of benzene rings is 2. The van der Waals surface area contributed by atoms with E-state index in [1.807, 2.05) is 50.5 Å². The van der Waals surface area contributed by atoms with Gasteiger partial charge in [0, 0.05) is 19.8 Å². The van der Waals surface area contributed by atoms with Gasteiger partial charge in [-0.1, -0.05) is 67.9 Å². The smallest absolute Gasteiger partial charge is 0.242 e. The highest BCUT2D eigenvalue weighted by Crippen LogP contribution is 2.32. The van der Waals surface area contributed by atoms with Gasteiger partial charge >= 0.3 is 0 Å². The van der Waals surface area contributed by atoms with E-state index in [1.54, 1.807) is 11.1 Å². The Kier molecular flexibility index (Phi) is 7.69. The number of carbonyl (C=O) groups excluding carboxylic acids is 1. The SMILES string of the molecule is CCCC[C@H]1S/C(=N\N=C/c2ccc(N(C)C)cc2)N(Cc2ccccc2C)C1=O. The van der Waals surface area contributed by atoms with Crippen LogP contribution in [-0.2, 0) is 11.3 Å². The van der Waals surface area contributed by atoms with Crippen molar-refractivity contribution in [1.29, 1.82) is 0 Å². The lowest BCUT2D eigenvalue weighted by Crippen LogP contribution is -2.31. The Balaban J connectivity index is 1.79. The molecule has 1 atom stereocenters. The maximum absolute atomic E-state index is 13.0. The van der Waals surface area contributed by atoms with Gasteiger partial charge in [-0.15, -0.1) is 5.10 Å². The molecule has 0 N–H and O–H groups in total. The molecule has 1 fully saturated rings. The fraction of sp³-hybridized carbons (Fsp3) is 0.375. The van der Waals surface area contributed by atoms with E-state index in [1.165, 1.54) is 17.3 Å². The molecule has 0 bridgehead atoms. The minimum absolute atomic E-state index is 0.0673. The van der Waals surface area contributed by atoms with E-state index >= 15 is 0 Å². The van der Waals surface area contributed by atoms with Crippen LogP contribution in [-0.4, -0.2) is 41.5 Å². The third kappa shape index (κ3) is 5.51. The lowest BCUT2D eigenvalue weighted by atomic mass is 10.1. The van der Waals surface area contributed by atoms with Crippen molar-refractivity contribution in [3.8, 4) is 0 Å². The molecule has 0 saturated carbocycles. The summed E-state index contributed by atoms with van der Waals surface area (Å²) < 4.78 is 0. The molecule has 158 valence electrons. The van der Waals surface area contributed by atoms with Crippen molar-refractivity contribution >= 4 is 34.7 Å². The highest BCUT2D eigenvalue weighted by molar-refractivity contribution is 8.15. The second kappa shape index (κ2) is 10.4. The molecule has 1 aliphatic rings. The van der Waals surface area contributed by atoms with Crippen molar-refractivity contribution in [2.24, 2.45) is 10.2 Å². The van der Waals surface area contributed by atoms with Crippen LogP contribution >= 0.6 is 11.8 Å². The van der Waals surface area contributed by atoms with Crippen molar-refractivity contribution in [3.63, 3.8) is 0 Å². The first kappa shape index (κ1) is 22.1. The maximum Gasteiger partial charge on any atom is 0.242 e. The third-order valence-corrected chi connectivity index (χ3v) is 6.42. The Morgan fingerprint density at radius 1 is 1.13 bits per heavy atom. The van der Waals surface area contributed by atoms with Crippen molar-refractivity contribution in [2.75, 3.05) is 19.0 Å². The normalized spacial score (nSPS) is 18.0. The highest BCUT2D eigenvalue weighted by Gasteiger charge is 2.37. The Morgan fingerprint density at radius 3 is 2.53 bits per heavy atom. The first-order valence-electron chi connectivity index (χ1n) is 10.4. The predicted octanol–water partition coefficient (Wildman–Crippen LogP) is 5.09. The fourth-order valence-electron chi connectivity index (χ4n) is 3.27. The molecule has 30 heavy (non-hydrogen) atoms. The zero-order valence-electron chi connectivity index (χ0n) is 18.2. The summed E-state index contributed by atoms with van der Waals surface area (Å²) in [5.41, 5.74) is 4.43. The molecular formula is C24H30N4OS. The van der Waals surface area contributed by atoms with Crippen LogP contribution in [0.25, 0.3) is 0 Å². The van der Waals surface area contributed by atoms with Gasteiger partial charge in [-0.3, -0.25) is 9.69 Å². The summed E-state index contributed by atoms with van der Waals surface area (Å²) in [5.74, 6) is 0.140. The van der Waals surface area contributed by atoms with E-state index in [9.17, 15) is 4.79 Å². The molecule has 0 aliphatic carbocycles. The van der Waals surface area contributed by atoms with Gasteiger partial charge in [0.15, 0.2) is 5.17 Å². The van der Waals surface area contributed by atoms with Gasteiger partial charge in [-0.25, -0.2) is 0 Å². The number of unbranched alkanes of at least 4 members (excludes halogenated alkanes) is 1. The van der Waals surface area contributed by atoms with Crippen molar-refractivity contribution in [1.82, 2.24) is 4.90 Å². The number of amides is 1. The van der Waals surface area contributed by atoms with E-state index in [-0.39, 0.29) is 11.2 Å². The molecule has 3 rings (SSSR count). The topological polar surface area (TPSA) is 48.3 Å². The van der Waals surface area contributed by atoms with E-state index in [4.69, 9.17) is 0 Å². The second-order valence-corrected chi connectivity index (χ2v) is 8.88. The number of amidine groups is 1. The third-order valence-electron chi connectivity index (χ3n) is 5.19. The molecule has 0 radical (unpaired) electrons. The number of nitrogens with zero attached hydrogens (tertiary/aromatic N) is 4. The Labute approximate surface area is 183 Å². The monoisotopic (exact) mass is 422 g/mol. The number of hydrogen-bond acceptors (Lipinski definition) is 5. The molecule has 2 aromatic carbocycles. The van der Waals surface area contributed by atoms with Crippen molar-refractivity contribution in [3.05, 3.63) is 65.2 Å². The number of carbonyl (C=O) groups is 1. The van der Waals surface area contributed by atoms with Crippen LogP contribution in [0.15, 0.2) is 58.7 Å². The summed E-state index contributed by atoms with van der Waals surface area (Å²) in [4.78, 5) is 16.9. The maximum atomic E-state index is 13.0. The highest BCUT2D eigenvalue weighted by atomic mass is 32.2. The first-order chi connectivity index (χ1) is 14.5.